The van der Waals surface area contributed by atoms with Gasteiger partial charge in [0, 0.05) is 14.1 Å². The number of ether oxygens (including phenoxy) is 1. The molecule has 0 aliphatic rings. The number of rotatable bonds is 9. The van der Waals surface area contributed by atoms with Gasteiger partial charge in [-0.25, -0.2) is 4.79 Å². The van der Waals surface area contributed by atoms with Gasteiger partial charge in [0.1, 0.15) is 0 Å². The summed E-state index contributed by atoms with van der Waals surface area (Å²) < 4.78 is 5.04. The first-order valence-corrected chi connectivity index (χ1v) is 6.52. The van der Waals surface area contributed by atoms with Gasteiger partial charge in [-0.3, -0.25) is 0 Å². The van der Waals surface area contributed by atoms with Gasteiger partial charge in [-0.1, -0.05) is 51.9 Å². The molecule has 0 saturated carbocycles. The van der Waals surface area contributed by atoms with Gasteiger partial charge in [0.15, 0.2) is 0 Å². The van der Waals surface area contributed by atoms with Crippen LogP contribution in [0.2, 0.25) is 0 Å². The average molecular weight is 229 g/mol. The number of carbonyl (C=O) groups is 1. The number of carbonyl (C=O) groups excluding carboxylic acids is 1. The molecule has 0 heterocycles. The second-order valence-corrected chi connectivity index (χ2v) is 4.48. The molecule has 0 bridgehead atoms. The lowest BCUT2D eigenvalue weighted by Gasteiger charge is -2.10. The van der Waals surface area contributed by atoms with Gasteiger partial charge in [-0.15, -0.1) is 0 Å². The zero-order valence-electron chi connectivity index (χ0n) is 11.1. The molecule has 0 rings (SSSR count). The minimum Gasteiger partial charge on any atom is -0.449 e. The second-order valence-electron chi connectivity index (χ2n) is 4.48. The van der Waals surface area contributed by atoms with Crippen LogP contribution < -0.4 is 0 Å². The quantitative estimate of drug-likeness (QED) is 0.562. The summed E-state index contributed by atoms with van der Waals surface area (Å²) in [6, 6.07) is 0. The van der Waals surface area contributed by atoms with Crippen molar-refractivity contribution in [2.45, 2.75) is 58.3 Å². The van der Waals surface area contributed by atoms with Crippen molar-refractivity contribution in [2.24, 2.45) is 0 Å². The highest BCUT2D eigenvalue weighted by Crippen LogP contribution is 2.08. The molecule has 3 heteroatoms. The summed E-state index contributed by atoms with van der Waals surface area (Å²) in [6.45, 7) is 2.80. The minimum absolute atomic E-state index is 0.233. The fraction of sp³-hybridized carbons (Fsp3) is 0.923. The fourth-order valence-corrected chi connectivity index (χ4v) is 1.52. The van der Waals surface area contributed by atoms with Crippen LogP contribution in [0.15, 0.2) is 0 Å². The molecule has 0 fully saturated rings. The van der Waals surface area contributed by atoms with E-state index in [4.69, 9.17) is 4.74 Å². The largest absolute Gasteiger partial charge is 0.449 e. The van der Waals surface area contributed by atoms with Crippen molar-refractivity contribution >= 4 is 6.09 Å². The molecule has 0 radical (unpaired) electrons. The molecule has 0 aromatic heterocycles. The Morgan fingerprint density at radius 2 is 1.44 bits per heavy atom. The predicted octanol–water partition coefficient (Wildman–Crippen LogP) is 3.83. The lowest BCUT2D eigenvalue weighted by atomic mass is 10.1. The van der Waals surface area contributed by atoms with E-state index >= 15 is 0 Å². The van der Waals surface area contributed by atoms with E-state index in [1.54, 1.807) is 14.1 Å². The minimum atomic E-state index is -0.233. The van der Waals surface area contributed by atoms with Crippen LogP contribution >= 0.6 is 0 Å². The van der Waals surface area contributed by atoms with Crippen LogP contribution in [0.4, 0.5) is 4.79 Å². The molecule has 96 valence electrons. The topological polar surface area (TPSA) is 29.5 Å². The normalized spacial score (nSPS) is 10.2. The summed E-state index contributed by atoms with van der Waals surface area (Å²) in [6.07, 6.45) is 9.91. The van der Waals surface area contributed by atoms with E-state index in [9.17, 15) is 4.79 Å². The lowest BCUT2D eigenvalue weighted by molar-refractivity contribution is 0.116. The summed E-state index contributed by atoms with van der Waals surface area (Å²) in [4.78, 5) is 12.5. The third-order valence-electron chi connectivity index (χ3n) is 2.59. The molecule has 0 unspecified atom stereocenters. The molecule has 16 heavy (non-hydrogen) atoms. The maximum atomic E-state index is 11.1. The van der Waals surface area contributed by atoms with Crippen LogP contribution in [0.5, 0.6) is 0 Å². The first-order valence-electron chi connectivity index (χ1n) is 6.52. The molecule has 0 aromatic carbocycles. The van der Waals surface area contributed by atoms with Crippen LogP contribution in [0.1, 0.15) is 58.3 Å². The SMILES string of the molecule is CCCCCCCCCCOC(=O)N(C)C. The van der Waals surface area contributed by atoms with E-state index in [1.165, 1.54) is 49.8 Å². The fourth-order valence-electron chi connectivity index (χ4n) is 1.52. The van der Waals surface area contributed by atoms with Crippen LogP contribution in [-0.4, -0.2) is 31.7 Å². The standard InChI is InChI=1S/C13H27NO2/c1-4-5-6-7-8-9-10-11-12-16-13(15)14(2)3/h4-12H2,1-3H3. The first-order chi connectivity index (χ1) is 7.68. The summed E-state index contributed by atoms with van der Waals surface area (Å²) >= 11 is 0. The smallest absolute Gasteiger partial charge is 0.409 e. The lowest BCUT2D eigenvalue weighted by Crippen LogP contribution is -2.23. The molecule has 0 N–H and O–H groups in total. The molecular formula is C13H27NO2. The second kappa shape index (κ2) is 10.8. The van der Waals surface area contributed by atoms with Crippen LogP contribution in [0.25, 0.3) is 0 Å². The summed E-state index contributed by atoms with van der Waals surface area (Å²) in [5.41, 5.74) is 0. The van der Waals surface area contributed by atoms with Crippen molar-refractivity contribution < 1.29 is 9.53 Å². The van der Waals surface area contributed by atoms with Gasteiger partial charge >= 0.3 is 6.09 Å². The predicted molar refractivity (Wildman–Crippen MR) is 67.6 cm³/mol. The maximum Gasteiger partial charge on any atom is 0.409 e. The van der Waals surface area contributed by atoms with Crippen molar-refractivity contribution in [1.82, 2.24) is 4.90 Å². The Morgan fingerprint density at radius 3 is 1.94 bits per heavy atom. The van der Waals surface area contributed by atoms with Gasteiger partial charge in [0.05, 0.1) is 6.61 Å². The van der Waals surface area contributed by atoms with E-state index in [1.807, 2.05) is 0 Å². The monoisotopic (exact) mass is 229 g/mol. The van der Waals surface area contributed by atoms with Gasteiger partial charge in [0.2, 0.25) is 0 Å². The van der Waals surface area contributed by atoms with Gasteiger partial charge in [-0.05, 0) is 6.42 Å². The van der Waals surface area contributed by atoms with Crippen molar-refractivity contribution in [3.63, 3.8) is 0 Å². The molecular weight excluding hydrogens is 202 g/mol. The maximum absolute atomic E-state index is 11.1. The molecule has 0 aliphatic carbocycles. The van der Waals surface area contributed by atoms with Gasteiger partial charge < -0.3 is 9.64 Å². The Balaban J connectivity index is 3.07. The molecule has 3 nitrogen and oxygen atoms in total. The Kier molecular flexibility index (Phi) is 10.3. The van der Waals surface area contributed by atoms with E-state index in [2.05, 4.69) is 6.92 Å². The van der Waals surface area contributed by atoms with E-state index in [0.717, 1.165) is 6.42 Å². The Morgan fingerprint density at radius 1 is 0.938 bits per heavy atom. The number of amides is 1. The number of nitrogens with zero attached hydrogens (tertiary/aromatic N) is 1. The molecule has 0 atom stereocenters. The van der Waals surface area contributed by atoms with Crippen LogP contribution in [-0.2, 0) is 4.74 Å². The molecule has 0 aliphatic heterocycles. The van der Waals surface area contributed by atoms with Crippen molar-refractivity contribution in [3.8, 4) is 0 Å². The number of hydrogen-bond donors (Lipinski definition) is 0. The third-order valence-corrected chi connectivity index (χ3v) is 2.59. The van der Waals surface area contributed by atoms with Gasteiger partial charge in [0.25, 0.3) is 0 Å². The van der Waals surface area contributed by atoms with E-state index in [0.29, 0.717) is 6.61 Å². The number of unbranched alkanes of at least 4 members (excludes halogenated alkanes) is 7. The zero-order valence-corrected chi connectivity index (χ0v) is 11.1. The highest BCUT2D eigenvalue weighted by Gasteiger charge is 2.02. The highest BCUT2D eigenvalue weighted by molar-refractivity contribution is 5.66. The van der Waals surface area contributed by atoms with Gasteiger partial charge in [-0.2, -0.15) is 0 Å². The Hall–Kier alpha value is -0.730. The molecule has 0 aromatic rings. The average Bonchev–Trinajstić information content (AvgIpc) is 2.26. The van der Waals surface area contributed by atoms with Crippen molar-refractivity contribution in [2.75, 3.05) is 20.7 Å². The first kappa shape index (κ1) is 15.3. The van der Waals surface area contributed by atoms with E-state index in [-0.39, 0.29) is 6.09 Å². The van der Waals surface area contributed by atoms with Crippen molar-refractivity contribution in [1.29, 1.82) is 0 Å². The summed E-state index contributed by atoms with van der Waals surface area (Å²) in [7, 11) is 3.41. The van der Waals surface area contributed by atoms with Crippen LogP contribution in [0.3, 0.4) is 0 Å². The van der Waals surface area contributed by atoms with E-state index < -0.39 is 0 Å². The zero-order chi connectivity index (χ0) is 12.2. The summed E-state index contributed by atoms with van der Waals surface area (Å²) in [5, 5.41) is 0. The summed E-state index contributed by atoms with van der Waals surface area (Å²) in [5.74, 6) is 0. The Bertz CT molecular complexity index is 169. The van der Waals surface area contributed by atoms with Crippen LogP contribution in [0, 0.1) is 0 Å². The third kappa shape index (κ3) is 9.81. The Labute approximate surface area is 100 Å². The van der Waals surface area contributed by atoms with Crippen molar-refractivity contribution in [3.05, 3.63) is 0 Å². The highest BCUT2D eigenvalue weighted by atomic mass is 16.6. The molecule has 0 saturated heterocycles. The molecule has 1 amide bonds. The molecule has 0 spiro atoms. The number of hydrogen-bond acceptors (Lipinski definition) is 2.